The van der Waals surface area contributed by atoms with Crippen molar-refractivity contribution in [2.45, 2.75) is 31.1 Å². The van der Waals surface area contributed by atoms with Crippen molar-refractivity contribution in [3.63, 3.8) is 0 Å². The third kappa shape index (κ3) is 3.05. The normalized spacial score (nSPS) is 19.5. The van der Waals surface area contributed by atoms with Crippen molar-refractivity contribution >= 4 is 11.6 Å². The van der Waals surface area contributed by atoms with E-state index in [1.54, 1.807) is 12.1 Å². The second-order valence-corrected chi connectivity index (χ2v) is 7.45. The maximum Gasteiger partial charge on any atom is 0.233 e. The van der Waals surface area contributed by atoms with Crippen LogP contribution in [0.3, 0.4) is 0 Å². The first-order chi connectivity index (χ1) is 12.7. The molecule has 4 heteroatoms. The standard InChI is InChI=1S/C22H26N2O2/c25-20-10-6-9-19(17-20)23-13-15-24(16-14-23)21(26)22(11-4-5-12-22)18-7-2-1-3-8-18/h1-3,6-10,17,25H,4-5,11-16H2. The van der Waals surface area contributed by atoms with Gasteiger partial charge in [0.2, 0.25) is 5.91 Å². The van der Waals surface area contributed by atoms with Crippen LogP contribution < -0.4 is 4.90 Å². The van der Waals surface area contributed by atoms with E-state index < -0.39 is 0 Å². The van der Waals surface area contributed by atoms with Crippen LogP contribution in [0.1, 0.15) is 31.2 Å². The molecule has 1 N–H and O–H groups in total. The highest BCUT2D eigenvalue weighted by Gasteiger charge is 2.45. The number of carbonyl (C=O) groups excluding carboxylic acids is 1. The van der Waals surface area contributed by atoms with E-state index in [0.29, 0.717) is 5.91 Å². The van der Waals surface area contributed by atoms with Gasteiger partial charge < -0.3 is 14.9 Å². The lowest BCUT2D eigenvalue weighted by Crippen LogP contribution is -2.54. The molecule has 0 unspecified atom stereocenters. The van der Waals surface area contributed by atoms with E-state index >= 15 is 0 Å². The minimum absolute atomic E-state index is 0.287. The molecule has 4 rings (SSSR count). The van der Waals surface area contributed by atoms with Crippen molar-refractivity contribution in [1.82, 2.24) is 4.90 Å². The van der Waals surface area contributed by atoms with E-state index in [9.17, 15) is 9.90 Å². The molecule has 136 valence electrons. The number of hydrogen-bond donors (Lipinski definition) is 1. The van der Waals surface area contributed by atoms with Crippen LogP contribution in [-0.4, -0.2) is 42.1 Å². The highest BCUT2D eigenvalue weighted by atomic mass is 16.3. The van der Waals surface area contributed by atoms with Gasteiger partial charge in [-0.1, -0.05) is 49.2 Å². The largest absolute Gasteiger partial charge is 0.508 e. The molecule has 1 aliphatic heterocycles. The summed E-state index contributed by atoms with van der Waals surface area (Å²) in [5.41, 5.74) is 1.88. The number of nitrogens with zero attached hydrogens (tertiary/aromatic N) is 2. The Labute approximate surface area is 155 Å². The Bertz CT molecular complexity index is 761. The van der Waals surface area contributed by atoms with Crippen LogP contribution in [0.25, 0.3) is 0 Å². The van der Waals surface area contributed by atoms with E-state index in [1.807, 2.05) is 30.3 Å². The highest BCUT2D eigenvalue weighted by Crippen LogP contribution is 2.42. The van der Waals surface area contributed by atoms with Gasteiger partial charge in [0.1, 0.15) is 5.75 Å². The third-order valence-corrected chi connectivity index (χ3v) is 5.95. The van der Waals surface area contributed by atoms with Crippen molar-refractivity contribution in [1.29, 1.82) is 0 Å². The van der Waals surface area contributed by atoms with Gasteiger partial charge in [-0.2, -0.15) is 0 Å². The molecule has 0 radical (unpaired) electrons. The first-order valence-electron chi connectivity index (χ1n) is 9.58. The average Bonchev–Trinajstić information content (AvgIpc) is 3.19. The van der Waals surface area contributed by atoms with E-state index in [2.05, 4.69) is 21.9 Å². The molecule has 2 aromatic rings. The smallest absolute Gasteiger partial charge is 0.233 e. The Balaban J connectivity index is 1.49. The quantitative estimate of drug-likeness (QED) is 0.921. The Kier molecular flexibility index (Phi) is 4.58. The first-order valence-corrected chi connectivity index (χ1v) is 9.58. The number of anilines is 1. The molecular weight excluding hydrogens is 324 g/mol. The summed E-state index contributed by atoms with van der Waals surface area (Å²) in [5, 5.41) is 9.70. The van der Waals surface area contributed by atoms with Crippen LogP contribution in [0, 0.1) is 0 Å². The Morgan fingerprint density at radius 3 is 2.23 bits per heavy atom. The van der Waals surface area contributed by atoms with E-state index in [1.165, 1.54) is 5.56 Å². The second-order valence-electron chi connectivity index (χ2n) is 7.45. The Morgan fingerprint density at radius 2 is 1.58 bits per heavy atom. The van der Waals surface area contributed by atoms with Crippen LogP contribution in [-0.2, 0) is 10.2 Å². The zero-order valence-corrected chi connectivity index (χ0v) is 15.1. The predicted octanol–water partition coefficient (Wildman–Crippen LogP) is 3.55. The summed E-state index contributed by atoms with van der Waals surface area (Å²) >= 11 is 0. The summed E-state index contributed by atoms with van der Waals surface area (Å²) in [6, 6.07) is 17.7. The minimum atomic E-state index is -0.325. The number of phenols is 1. The van der Waals surface area contributed by atoms with Crippen molar-refractivity contribution < 1.29 is 9.90 Å². The molecule has 0 bridgehead atoms. The maximum atomic E-state index is 13.5. The van der Waals surface area contributed by atoms with Crippen molar-refractivity contribution in [2.75, 3.05) is 31.1 Å². The van der Waals surface area contributed by atoms with Gasteiger partial charge in [-0.25, -0.2) is 0 Å². The number of carbonyl (C=O) groups is 1. The molecule has 0 spiro atoms. The number of hydrogen-bond acceptors (Lipinski definition) is 3. The predicted molar refractivity (Wildman–Crippen MR) is 103 cm³/mol. The van der Waals surface area contributed by atoms with Crippen LogP contribution in [0.4, 0.5) is 5.69 Å². The van der Waals surface area contributed by atoms with Gasteiger partial charge in [0.25, 0.3) is 0 Å². The molecule has 2 fully saturated rings. The fraction of sp³-hybridized carbons (Fsp3) is 0.409. The van der Waals surface area contributed by atoms with Gasteiger partial charge in [0.15, 0.2) is 0 Å². The topological polar surface area (TPSA) is 43.8 Å². The lowest BCUT2D eigenvalue weighted by atomic mass is 9.77. The Morgan fingerprint density at radius 1 is 0.885 bits per heavy atom. The summed E-state index contributed by atoms with van der Waals surface area (Å²) in [6.07, 6.45) is 4.18. The molecule has 0 aromatic heterocycles. The van der Waals surface area contributed by atoms with Gasteiger partial charge >= 0.3 is 0 Å². The molecular formula is C22H26N2O2. The molecule has 1 amide bonds. The van der Waals surface area contributed by atoms with Crippen LogP contribution in [0.2, 0.25) is 0 Å². The Hall–Kier alpha value is -2.49. The molecule has 2 aromatic carbocycles. The summed E-state index contributed by atoms with van der Waals surface area (Å²) in [6.45, 7) is 3.09. The summed E-state index contributed by atoms with van der Waals surface area (Å²) < 4.78 is 0. The van der Waals surface area contributed by atoms with Crippen LogP contribution in [0.15, 0.2) is 54.6 Å². The number of aromatic hydroxyl groups is 1. The van der Waals surface area contributed by atoms with Crippen LogP contribution >= 0.6 is 0 Å². The second kappa shape index (κ2) is 7.02. The molecule has 0 atom stereocenters. The van der Waals surface area contributed by atoms with Gasteiger partial charge in [-0.3, -0.25) is 4.79 Å². The van der Waals surface area contributed by atoms with E-state index in [-0.39, 0.29) is 11.2 Å². The van der Waals surface area contributed by atoms with E-state index in [4.69, 9.17) is 0 Å². The molecule has 4 nitrogen and oxygen atoms in total. The zero-order valence-electron chi connectivity index (χ0n) is 15.1. The van der Waals surface area contributed by atoms with Crippen molar-refractivity contribution in [3.8, 4) is 5.75 Å². The number of piperazine rings is 1. The van der Waals surface area contributed by atoms with Gasteiger partial charge in [0.05, 0.1) is 5.41 Å². The monoisotopic (exact) mass is 350 g/mol. The summed E-state index contributed by atoms with van der Waals surface area (Å²) in [4.78, 5) is 17.8. The van der Waals surface area contributed by atoms with Gasteiger partial charge in [-0.15, -0.1) is 0 Å². The minimum Gasteiger partial charge on any atom is -0.508 e. The van der Waals surface area contributed by atoms with Crippen molar-refractivity contribution in [3.05, 3.63) is 60.2 Å². The maximum absolute atomic E-state index is 13.5. The fourth-order valence-electron chi connectivity index (χ4n) is 4.52. The number of phenolic OH excluding ortho intramolecular Hbond substituents is 1. The van der Waals surface area contributed by atoms with Gasteiger partial charge in [0, 0.05) is 37.9 Å². The average molecular weight is 350 g/mol. The van der Waals surface area contributed by atoms with Gasteiger partial charge in [-0.05, 0) is 30.5 Å². The number of rotatable bonds is 3. The number of benzene rings is 2. The van der Waals surface area contributed by atoms with Crippen molar-refractivity contribution in [2.24, 2.45) is 0 Å². The number of amides is 1. The summed E-state index contributed by atoms with van der Waals surface area (Å²) in [7, 11) is 0. The lowest BCUT2D eigenvalue weighted by molar-refractivity contribution is -0.137. The molecule has 1 saturated heterocycles. The summed E-state index contributed by atoms with van der Waals surface area (Å²) in [5.74, 6) is 0.590. The lowest BCUT2D eigenvalue weighted by Gasteiger charge is -2.40. The molecule has 1 aliphatic carbocycles. The van der Waals surface area contributed by atoms with Crippen LogP contribution in [0.5, 0.6) is 5.75 Å². The molecule has 1 saturated carbocycles. The zero-order chi connectivity index (χ0) is 18.0. The first kappa shape index (κ1) is 17.0. The highest BCUT2D eigenvalue weighted by molar-refractivity contribution is 5.89. The molecule has 26 heavy (non-hydrogen) atoms. The fourth-order valence-corrected chi connectivity index (χ4v) is 4.52. The molecule has 2 aliphatic rings. The molecule has 1 heterocycles. The van der Waals surface area contributed by atoms with E-state index in [0.717, 1.165) is 57.5 Å². The third-order valence-electron chi connectivity index (χ3n) is 5.95. The SMILES string of the molecule is O=C(N1CCN(c2cccc(O)c2)CC1)C1(c2ccccc2)CCCC1.